The molecule has 0 aliphatic carbocycles. The molecule has 2 amide bonds. The zero-order chi connectivity index (χ0) is 18.0. The van der Waals surface area contributed by atoms with Gasteiger partial charge >= 0.3 is 0 Å². The maximum atomic E-state index is 13.2. The number of halogens is 2. The van der Waals surface area contributed by atoms with Gasteiger partial charge in [-0.1, -0.05) is 6.07 Å². The fraction of sp³-hybridized carbons (Fsp3) is 0.222. The summed E-state index contributed by atoms with van der Waals surface area (Å²) >= 11 is 0. The predicted octanol–water partition coefficient (Wildman–Crippen LogP) is 3.03. The molecule has 0 radical (unpaired) electrons. The van der Waals surface area contributed by atoms with Crippen molar-refractivity contribution in [2.24, 2.45) is 0 Å². The highest BCUT2D eigenvalue weighted by atomic mass is 19.2. The number of carbonyl (C=O) groups is 2. The molecular weight excluding hydrogens is 330 g/mol. The molecule has 1 aliphatic rings. The minimum Gasteiger partial charge on any atom is -0.482 e. The van der Waals surface area contributed by atoms with Gasteiger partial charge in [0.25, 0.3) is 5.91 Å². The second kappa shape index (κ2) is 6.88. The molecule has 0 atom stereocenters. The zero-order valence-electron chi connectivity index (χ0n) is 13.5. The normalized spacial score (nSPS) is 13.2. The molecule has 5 nitrogen and oxygen atoms in total. The lowest BCUT2D eigenvalue weighted by Crippen LogP contribution is -2.40. The third-order valence-corrected chi connectivity index (χ3v) is 3.82. The topological polar surface area (TPSA) is 58.6 Å². The molecule has 2 aromatic carbocycles. The highest BCUT2D eigenvalue weighted by Gasteiger charge is 2.25. The van der Waals surface area contributed by atoms with Crippen LogP contribution in [0.5, 0.6) is 5.75 Å². The van der Waals surface area contributed by atoms with Crippen LogP contribution < -0.4 is 15.0 Å². The van der Waals surface area contributed by atoms with E-state index in [-0.39, 0.29) is 31.2 Å². The Hall–Kier alpha value is -2.96. The van der Waals surface area contributed by atoms with Gasteiger partial charge in [0.1, 0.15) is 5.75 Å². The third-order valence-electron chi connectivity index (χ3n) is 3.82. The molecule has 1 N–H and O–H groups in total. The maximum absolute atomic E-state index is 13.2. The number of ether oxygens (including phenoxy) is 1. The molecule has 2 aromatic rings. The lowest BCUT2D eigenvalue weighted by Gasteiger charge is -2.29. The average molecular weight is 346 g/mol. The van der Waals surface area contributed by atoms with E-state index in [4.69, 9.17) is 4.74 Å². The number of aryl methyl sites for hydroxylation is 1. The Labute approximate surface area is 143 Å². The first-order valence-electron chi connectivity index (χ1n) is 7.73. The summed E-state index contributed by atoms with van der Waals surface area (Å²) in [4.78, 5) is 25.6. The fourth-order valence-electron chi connectivity index (χ4n) is 2.57. The van der Waals surface area contributed by atoms with Gasteiger partial charge in [0.05, 0.1) is 5.69 Å². The minimum atomic E-state index is -1.04. The van der Waals surface area contributed by atoms with Crippen LogP contribution >= 0.6 is 0 Å². The van der Waals surface area contributed by atoms with Crippen molar-refractivity contribution in [3.8, 4) is 5.75 Å². The van der Waals surface area contributed by atoms with Crippen LogP contribution in [0.25, 0.3) is 0 Å². The number of amides is 2. The van der Waals surface area contributed by atoms with Gasteiger partial charge in [0.15, 0.2) is 18.2 Å². The molecule has 0 aromatic heterocycles. The maximum Gasteiger partial charge on any atom is 0.265 e. The van der Waals surface area contributed by atoms with E-state index in [1.165, 1.54) is 11.0 Å². The number of hydrogen-bond donors (Lipinski definition) is 1. The highest BCUT2D eigenvalue weighted by Crippen LogP contribution is 2.32. The van der Waals surface area contributed by atoms with Crippen LogP contribution in [-0.2, 0) is 9.59 Å². The molecular formula is C18H16F2N2O3. The number of carbonyl (C=O) groups excluding carboxylic acids is 2. The molecule has 0 spiro atoms. The molecule has 0 fully saturated rings. The van der Waals surface area contributed by atoms with Crippen LogP contribution in [0.2, 0.25) is 0 Å². The first kappa shape index (κ1) is 16.9. The highest BCUT2D eigenvalue weighted by molar-refractivity contribution is 5.99. The van der Waals surface area contributed by atoms with E-state index >= 15 is 0 Å². The summed E-state index contributed by atoms with van der Waals surface area (Å²) in [7, 11) is 0. The number of nitrogens with zero attached hydrogens (tertiary/aromatic N) is 1. The van der Waals surface area contributed by atoms with Crippen molar-refractivity contribution < 1.29 is 23.1 Å². The van der Waals surface area contributed by atoms with E-state index in [0.29, 0.717) is 11.4 Å². The van der Waals surface area contributed by atoms with Crippen LogP contribution in [-0.4, -0.2) is 25.0 Å². The van der Waals surface area contributed by atoms with Crippen molar-refractivity contribution in [1.29, 1.82) is 0 Å². The average Bonchev–Trinajstić information content (AvgIpc) is 2.57. The molecule has 7 heteroatoms. The second-order valence-corrected chi connectivity index (χ2v) is 5.73. The Morgan fingerprint density at radius 2 is 2.00 bits per heavy atom. The van der Waals surface area contributed by atoms with Crippen molar-refractivity contribution >= 4 is 23.2 Å². The van der Waals surface area contributed by atoms with E-state index in [1.807, 2.05) is 19.1 Å². The number of anilines is 2. The summed E-state index contributed by atoms with van der Waals surface area (Å²) in [5.74, 6) is -2.07. The summed E-state index contributed by atoms with van der Waals surface area (Å²) in [6, 6.07) is 8.60. The largest absolute Gasteiger partial charge is 0.482 e. The third kappa shape index (κ3) is 3.76. The monoisotopic (exact) mass is 346 g/mol. The van der Waals surface area contributed by atoms with Gasteiger partial charge in [-0.05, 0) is 36.8 Å². The van der Waals surface area contributed by atoms with Crippen molar-refractivity contribution in [3.63, 3.8) is 0 Å². The predicted molar refractivity (Wildman–Crippen MR) is 88.6 cm³/mol. The summed E-state index contributed by atoms with van der Waals surface area (Å²) < 4.78 is 31.4. The Balaban J connectivity index is 1.66. The lowest BCUT2D eigenvalue weighted by molar-refractivity contribution is -0.121. The number of hydrogen-bond acceptors (Lipinski definition) is 3. The Morgan fingerprint density at radius 1 is 1.20 bits per heavy atom. The Morgan fingerprint density at radius 3 is 2.76 bits per heavy atom. The lowest BCUT2D eigenvalue weighted by atomic mass is 10.1. The smallest absolute Gasteiger partial charge is 0.265 e. The van der Waals surface area contributed by atoms with Gasteiger partial charge in [-0.25, -0.2) is 8.78 Å². The number of fused-ring (bicyclic) bond motifs is 1. The number of benzene rings is 2. The molecule has 1 heterocycles. The second-order valence-electron chi connectivity index (χ2n) is 5.73. The fourth-order valence-corrected chi connectivity index (χ4v) is 2.57. The van der Waals surface area contributed by atoms with Gasteiger partial charge in [0.2, 0.25) is 5.91 Å². The minimum absolute atomic E-state index is 0.0120. The standard InChI is InChI=1S/C18H16F2N2O3/c1-11-2-5-16-15(8-11)22(18(24)10-25-16)7-6-17(23)21-12-3-4-13(19)14(20)9-12/h2-5,8-9H,6-7,10H2,1H3,(H,21,23). The van der Waals surface area contributed by atoms with Crippen LogP contribution in [0.15, 0.2) is 36.4 Å². The van der Waals surface area contributed by atoms with Gasteiger partial charge < -0.3 is 15.0 Å². The molecule has 3 rings (SSSR count). The van der Waals surface area contributed by atoms with E-state index in [9.17, 15) is 18.4 Å². The molecule has 130 valence electrons. The Kier molecular flexibility index (Phi) is 4.65. The zero-order valence-corrected chi connectivity index (χ0v) is 13.5. The van der Waals surface area contributed by atoms with Crippen LogP contribution in [0.3, 0.4) is 0 Å². The summed E-state index contributed by atoms with van der Waals surface area (Å²) in [5.41, 5.74) is 1.75. The molecule has 25 heavy (non-hydrogen) atoms. The quantitative estimate of drug-likeness (QED) is 0.926. The van der Waals surface area contributed by atoms with Crippen molar-refractivity contribution in [3.05, 3.63) is 53.6 Å². The summed E-state index contributed by atoms with van der Waals surface area (Å²) in [6.45, 7) is 1.97. The van der Waals surface area contributed by atoms with E-state index < -0.39 is 17.5 Å². The summed E-state index contributed by atoms with van der Waals surface area (Å²) in [6.07, 6.45) is 0.0120. The first-order chi connectivity index (χ1) is 11.9. The molecule has 0 unspecified atom stereocenters. The van der Waals surface area contributed by atoms with Crippen LogP contribution in [0.1, 0.15) is 12.0 Å². The van der Waals surface area contributed by atoms with Crippen molar-refractivity contribution in [2.45, 2.75) is 13.3 Å². The van der Waals surface area contributed by atoms with Crippen molar-refractivity contribution in [1.82, 2.24) is 0 Å². The first-order valence-corrected chi connectivity index (χ1v) is 7.73. The van der Waals surface area contributed by atoms with E-state index in [0.717, 1.165) is 17.7 Å². The van der Waals surface area contributed by atoms with Gasteiger partial charge in [-0.3, -0.25) is 9.59 Å². The molecule has 0 bridgehead atoms. The van der Waals surface area contributed by atoms with Gasteiger partial charge in [-0.15, -0.1) is 0 Å². The van der Waals surface area contributed by atoms with E-state index in [2.05, 4.69) is 5.32 Å². The SMILES string of the molecule is Cc1ccc2c(c1)N(CCC(=O)Nc1ccc(F)c(F)c1)C(=O)CO2. The van der Waals surface area contributed by atoms with Crippen molar-refractivity contribution in [2.75, 3.05) is 23.4 Å². The van der Waals surface area contributed by atoms with E-state index in [1.54, 1.807) is 6.07 Å². The Bertz CT molecular complexity index is 839. The molecule has 0 saturated heterocycles. The van der Waals surface area contributed by atoms with Gasteiger partial charge in [0, 0.05) is 24.7 Å². The summed E-state index contributed by atoms with van der Waals surface area (Å²) in [5, 5.41) is 2.48. The molecule has 0 saturated carbocycles. The van der Waals surface area contributed by atoms with Crippen LogP contribution in [0.4, 0.5) is 20.2 Å². The number of nitrogens with one attached hydrogen (secondary N) is 1. The number of rotatable bonds is 4. The van der Waals surface area contributed by atoms with Gasteiger partial charge in [-0.2, -0.15) is 0 Å². The van der Waals surface area contributed by atoms with Crippen LogP contribution in [0, 0.1) is 18.6 Å². The molecule has 1 aliphatic heterocycles.